The lowest BCUT2D eigenvalue weighted by molar-refractivity contribution is 0.0740. The standard InChI is InChI=1S/C23H25N5O/c1-2-18-7-3-4-8-20(18)26-19-10-11-21(25-17-19)23(29)28-15-13-27(14-16-28)22-9-5-6-12-24-22/h3-12,17,26H,2,13-16H2,1H3. The molecule has 0 aliphatic carbocycles. The molecule has 1 fully saturated rings. The van der Waals surface area contributed by atoms with Crippen LogP contribution in [0.15, 0.2) is 67.0 Å². The molecule has 4 rings (SSSR count). The molecule has 1 N–H and O–H groups in total. The molecular weight excluding hydrogens is 362 g/mol. The zero-order valence-corrected chi connectivity index (χ0v) is 16.6. The highest BCUT2D eigenvalue weighted by Gasteiger charge is 2.23. The van der Waals surface area contributed by atoms with E-state index in [0.29, 0.717) is 18.8 Å². The SMILES string of the molecule is CCc1ccccc1Nc1ccc(C(=O)N2CCN(c3ccccn3)CC2)nc1. The van der Waals surface area contributed by atoms with Crippen LogP contribution in [0.25, 0.3) is 0 Å². The molecule has 1 aromatic carbocycles. The number of hydrogen-bond donors (Lipinski definition) is 1. The molecule has 0 spiro atoms. The molecule has 1 aliphatic heterocycles. The van der Waals surface area contributed by atoms with E-state index < -0.39 is 0 Å². The first-order valence-electron chi connectivity index (χ1n) is 10.0. The fourth-order valence-electron chi connectivity index (χ4n) is 3.54. The number of aromatic nitrogens is 2. The predicted octanol–water partition coefficient (Wildman–Crippen LogP) is 3.75. The van der Waals surface area contributed by atoms with E-state index in [9.17, 15) is 4.79 Å². The highest BCUT2D eigenvalue weighted by atomic mass is 16.2. The number of rotatable bonds is 5. The molecule has 1 saturated heterocycles. The highest BCUT2D eigenvalue weighted by Crippen LogP contribution is 2.21. The summed E-state index contributed by atoms with van der Waals surface area (Å²) >= 11 is 0. The Kier molecular flexibility index (Phi) is 5.70. The zero-order chi connectivity index (χ0) is 20.1. The van der Waals surface area contributed by atoms with Gasteiger partial charge in [-0.3, -0.25) is 4.79 Å². The van der Waals surface area contributed by atoms with Crippen LogP contribution in [-0.2, 0) is 6.42 Å². The second-order valence-electron chi connectivity index (χ2n) is 7.04. The van der Waals surface area contributed by atoms with Crippen molar-refractivity contribution in [3.05, 3.63) is 78.2 Å². The zero-order valence-electron chi connectivity index (χ0n) is 16.6. The number of para-hydroxylation sites is 1. The molecule has 3 aromatic rings. The molecule has 0 radical (unpaired) electrons. The monoisotopic (exact) mass is 387 g/mol. The maximum atomic E-state index is 12.8. The number of anilines is 3. The molecule has 0 unspecified atom stereocenters. The first kappa shape index (κ1) is 18.9. The third-order valence-corrected chi connectivity index (χ3v) is 5.20. The third kappa shape index (κ3) is 4.37. The van der Waals surface area contributed by atoms with E-state index in [4.69, 9.17) is 0 Å². The fourth-order valence-corrected chi connectivity index (χ4v) is 3.54. The Morgan fingerprint density at radius 3 is 2.45 bits per heavy atom. The predicted molar refractivity (Wildman–Crippen MR) is 116 cm³/mol. The molecule has 0 atom stereocenters. The first-order chi connectivity index (χ1) is 14.2. The maximum absolute atomic E-state index is 12.8. The molecule has 3 heterocycles. The molecule has 29 heavy (non-hydrogen) atoms. The summed E-state index contributed by atoms with van der Waals surface area (Å²) in [7, 11) is 0. The molecular formula is C23H25N5O. The van der Waals surface area contributed by atoms with Crippen molar-refractivity contribution in [2.45, 2.75) is 13.3 Å². The Hall–Kier alpha value is -3.41. The van der Waals surface area contributed by atoms with Gasteiger partial charge in [0.25, 0.3) is 5.91 Å². The van der Waals surface area contributed by atoms with Crippen molar-refractivity contribution >= 4 is 23.1 Å². The van der Waals surface area contributed by atoms with E-state index >= 15 is 0 Å². The summed E-state index contributed by atoms with van der Waals surface area (Å²) in [6, 6.07) is 17.8. The lowest BCUT2D eigenvalue weighted by Gasteiger charge is -2.35. The normalized spacial score (nSPS) is 14.0. The molecule has 0 bridgehead atoms. The minimum atomic E-state index is -0.0221. The minimum absolute atomic E-state index is 0.0221. The number of pyridine rings is 2. The van der Waals surface area contributed by atoms with Crippen LogP contribution in [0.3, 0.4) is 0 Å². The Balaban J connectivity index is 1.37. The summed E-state index contributed by atoms with van der Waals surface area (Å²) in [5, 5.41) is 3.39. The number of amides is 1. The molecule has 0 saturated carbocycles. The smallest absolute Gasteiger partial charge is 0.272 e. The number of piperazine rings is 1. The van der Waals surface area contributed by atoms with Gasteiger partial charge in [-0.2, -0.15) is 0 Å². The fraction of sp³-hybridized carbons (Fsp3) is 0.261. The summed E-state index contributed by atoms with van der Waals surface area (Å²) in [6.45, 7) is 5.02. The Morgan fingerprint density at radius 1 is 0.966 bits per heavy atom. The summed E-state index contributed by atoms with van der Waals surface area (Å²) < 4.78 is 0. The third-order valence-electron chi connectivity index (χ3n) is 5.20. The van der Waals surface area contributed by atoms with E-state index in [1.54, 1.807) is 18.5 Å². The van der Waals surface area contributed by atoms with Crippen LogP contribution in [0.2, 0.25) is 0 Å². The van der Waals surface area contributed by atoms with Gasteiger partial charge in [0.1, 0.15) is 11.5 Å². The molecule has 148 valence electrons. The van der Waals surface area contributed by atoms with E-state index in [1.807, 2.05) is 41.3 Å². The Morgan fingerprint density at radius 2 is 1.76 bits per heavy atom. The topological polar surface area (TPSA) is 61.4 Å². The second kappa shape index (κ2) is 8.73. The Bertz CT molecular complexity index is 951. The van der Waals surface area contributed by atoms with Crippen molar-refractivity contribution in [3.8, 4) is 0 Å². The summed E-state index contributed by atoms with van der Waals surface area (Å²) in [6.07, 6.45) is 4.48. The quantitative estimate of drug-likeness (QED) is 0.723. The highest BCUT2D eigenvalue weighted by molar-refractivity contribution is 5.92. The molecule has 6 heteroatoms. The lowest BCUT2D eigenvalue weighted by atomic mass is 10.1. The van der Waals surface area contributed by atoms with Crippen molar-refractivity contribution in [1.82, 2.24) is 14.9 Å². The largest absolute Gasteiger partial charge is 0.354 e. The van der Waals surface area contributed by atoms with Gasteiger partial charge in [-0.25, -0.2) is 9.97 Å². The second-order valence-corrected chi connectivity index (χ2v) is 7.04. The van der Waals surface area contributed by atoms with Crippen LogP contribution in [-0.4, -0.2) is 47.0 Å². The van der Waals surface area contributed by atoms with Gasteiger partial charge >= 0.3 is 0 Å². The van der Waals surface area contributed by atoms with Crippen molar-refractivity contribution in [1.29, 1.82) is 0 Å². The van der Waals surface area contributed by atoms with Crippen molar-refractivity contribution < 1.29 is 4.79 Å². The van der Waals surface area contributed by atoms with Crippen LogP contribution in [0.1, 0.15) is 23.0 Å². The summed E-state index contributed by atoms with van der Waals surface area (Å²) in [5.41, 5.74) is 3.67. The number of hydrogen-bond acceptors (Lipinski definition) is 5. The van der Waals surface area contributed by atoms with E-state index in [2.05, 4.69) is 39.2 Å². The van der Waals surface area contributed by atoms with E-state index in [-0.39, 0.29) is 5.91 Å². The van der Waals surface area contributed by atoms with Gasteiger partial charge < -0.3 is 15.1 Å². The molecule has 1 amide bonds. The van der Waals surface area contributed by atoms with Crippen LogP contribution >= 0.6 is 0 Å². The van der Waals surface area contributed by atoms with Gasteiger partial charge in [0.15, 0.2) is 0 Å². The first-order valence-corrected chi connectivity index (χ1v) is 10.0. The van der Waals surface area contributed by atoms with Gasteiger partial charge in [-0.15, -0.1) is 0 Å². The maximum Gasteiger partial charge on any atom is 0.272 e. The summed E-state index contributed by atoms with van der Waals surface area (Å²) in [4.78, 5) is 25.7. The van der Waals surface area contributed by atoms with E-state index in [1.165, 1.54) is 5.56 Å². The number of nitrogens with one attached hydrogen (secondary N) is 1. The molecule has 6 nitrogen and oxygen atoms in total. The van der Waals surface area contributed by atoms with E-state index in [0.717, 1.165) is 36.7 Å². The van der Waals surface area contributed by atoms with Crippen molar-refractivity contribution in [2.24, 2.45) is 0 Å². The number of carbonyl (C=O) groups excluding carboxylic acids is 1. The number of aryl methyl sites for hydroxylation is 1. The number of benzene rings is 1. The van der Waals surface area contributed by atoms with Crippen molar-refractivity contribution in [2.75, 3.05) is 36.4 Å². The van der Waals surface area contributed by atoms with Gasteiger partial charge in [-0.05, 0) is 42.3 Å². The average Bonchev–Trinajstić information content (AvgIpc) is 2.80. The molecule has 1 aliphatic rings. The average molecular weight is 387 g/mol. The summed E-state index contributed by atoms with van der Waals surface area (Å²) in [5.74, 6) is 0.937. The minimum Gasteiger partial charge on any atom is -0.354 e. The van der Waals surface area contributed by atoms with Crippen LogP contribution in [0, 0.1) is 0 Å². The van der Waals surface area contributed by atoms with Gasteiger partial charge in [0.05, 0.1) is 11.9 Å². The number of carbonyl (C=O) groups is 1. The van der Waals surface area contributed by atoms with Gasteiger partial charge in [0.2, 0.25) is 0 Å². The van der Waals surface area contributed by atoms with Crippen LogP contribution < -0.4 is 10.2 Å². The van der Waals surface area contributed by atoms with Crippen molar-refractivity contribution in [3.63, 3.8) is 0 Å². The van der Waals surface area contributed by atoms with Crippen LogP contribution in [0.5, 0.6) is 0 Å². The van der Waals surface area contributed by atoms with Gasteiger partial charge in [0, 0.05) is 38.1 Å². The lowest BCUT2D eigenvalue weighted by Crippen LogP contribution is -2.49. The Labute approximate surface area is 171 Å². The van der Waals surface area contributed by atoms with Crippen LogP contribution in [0.4, 0.5) is 17.2 Å². The number of nitrogens with zero attached hydrogens (tertiary/aromatic N) is 4. The molecule has 2 aromatic heterocycles. The van der Waals surface area contributed by atoms with Gasteiger partial charge in [-0.1, -0.05) is 31.2 Å².